The molecule has 0 spiro atoms. The number of halogens is 1. The van der Waals surface area contributed by atoms with Gasteiger partial charge in [-0.3, -0.25) is 9.59 Å². The fourth-order valence-corrected chi connectivity index (χ4v) is 3.13. The SMILES string of the molecule is O=C(O)CN(C(=O)c1csc(Cc2ccccc2F)n1)C1CC1. The highest BCUT2D eigenvalue weighted by Gasteiger charge is 2.35. The van der Waals surface area contributed by atoms with Crippen LogP contribution < -0.4 is 0 Å². The quantitative estimate of drug-likeness (QED) is 0.881. The first-order valence-corrected chi connectivity index (χ1v) is 8.13. The molecule has 0 aliphatic heterocycles. The molecule has 5 nitrogen and oxygen atoms in total. The van der Waals surface area contributed by atoms with Gasteiger partial charge in [0.1, 0.15) is 18.1 Å². The molecule has 1 aromatic heterocycles. The van der Waals surface area contributed by atoms with Crippen molar-refractivity contribution in [1.82, 2.24) is 9.88 Å². The summed E-state index contributed by atoms with van der Waals surface area (Å²) in [4.78, 5) is 28.9. The number of carbonyl (C=O) groups is 2. The number of benzene rings is 1. The van der Waals surface area contributed by atoms with Crippen LogP contribution in [0.4, 0.5) is 4.39 Å². The molecular formula is C16H15FN2O3S. The fourth-order valence-electron chi connectivity index (χ4n) is 2.34. The molecule has 3 rings (SSSR count). The Bertz CT molecular complexity index is 742. The van der Waals surface area contributed by atoms with Crippen LogP contribution in [0.15, 0.2) is 29.6 Å². The standard InChI is InChI=1S/C16H15FN2O3S/c17-12-4-2-1-3-10(12)7-14-18-13(9-23-14)16(22)19(8-15(20)21)11-5-6-11/h1-4,9,11H,5-8H2,(H,20,21). The molecular weight excluding hydrogens is 319 g/mol. The third kappa shape index (κ3) is 3.73. The summed E-state index contributed by atoms with van der Waals surface area (Å²) < 4.78 is 13.7. The molecule has 1 aliphatic rings. The second kappa shape index (κ2) is 6.45. The van der Waals surface area contributed by atoms with Crippen LogP contribution in [0.3, 0.4) is 0 Å². The Kier molecular flexibility index (Phi) is 4.38. The lowest BCUT2D eigenvalue weighted by molar-refractivity contribution is -0.137. The van der Waals surface area contributed by atoms with Gasteiger partial charge in [0.05, 0.1) is 5.01 Å². The lowest BCUT2D eigenvalue weighted by Gasteiger charge is -2.18. The summed E-state index contributed by atoms with van der Waals surface area (Å²) in [6.07, 6.45) is 1.96. The number of thiazole rings is 1. The van der Waals surface area contributed by atoms with Gasteiger partial charge in [0.15, 0.2) is 0 Å². The van der Waals surface area contributed by atoms with Gasteiger partial charge < -0.3 is 10.0 Å². The normalized spacial score (nSPS) is 13.8. The average molecular weight is 334 g/mol. The monoisotopic (exact) mass is 334 g/mol. The summed E-state index contributed by atoms with van der Waals surface area (Å²) in [6.45, 7) is -0.316. The number of carboxylic acid groups (broad SMARTS) is 1. The van der Waals surface area contributed by atoms with Crippen molar-refractivity contribution in [3.63, 3.8) is 0 Å². The maximum absolute atomic E-state index is 13.7. The zero-order valence-electron chi connectivity index (χ0n) is 12.2. The van der Waals surface area contributed by atoms with Crippen LogP contribution in [0.25, 0.3) is 0 Å². The number of hydrogen-bond donors (Lipinski definition) is 1. The molecule has 7 heteroatoms. The lowest BCUT2D eigenvalue weighted by atomic mass is 10.1. The number of aliphatic carboxylic acids is 1. The van der Waals surface area contributed by atoms with E-state index in [2.05, 4.69) is 4.98 Å². The summed E-state index contributed by atoms with van der Waals surface area (Å²) in [6, 6.07) is 6.43. The minimum atomic E-state index is -1.04. The number of nitrogens with zero attached hydrogens (tertiary/aromatic N) is 2. The Morgan fingerprint density at radius 2 is 2.09 bits per heavy atom. The summed E-state index contributed by atoms with van der Waals surface area (Å²) in [5.74, 6) is -1.71. The van der Waals surface area contributed by atoms with Crippen LogP contribution in [0, 0.1) is 5.82 Å². The van der Waals surface area contributed by atoms with Crippen LogP contribution in [0.5, 0.6) is 0 Å². The van der Waals surface area contributed by atoms with Gasteiger partial charge in [0.2, 0.25) is 0 Å². The molecule has 1 N–H and O–H groups in total. The van der Waals surface area contributed by atoms with Crippen molar-refractivity contribution in [2.24, 2.45) is 0 Å². The predicted molar refractivity (Wildman–Crippen MR) is 83.0 cm³/mol. The van der Waals surface area contributed by atoms with E-state index in [-0.39, 0.29) is 30.0 Å². The average Bonchev–Trinajstić information content (AvgIpc) is 3.25. The minimum absolute atomic E-state index is 0.00434. The van der Waals surface area contributed by atoms with Crippen molar-refractivity contribution in [3.05, 3.63) is 51.7 Å². The van der Waals surface area contributed by atoms with Crippen LogP contribution in [0.1, 0.15) is 33.9 Å². The van der Waals surface area contributed by atoms with E-state index in [0.717, 1.165) is 12.8 Å². The van der Waals surface area contributed by atoms with Gasteiger partial charge in [-0.05, 0) is 24.5 Å². The molecule has 0 radical (unpaired) electrons. The summed E-state index contributed by atoms with van der Waals surface area (Å²) >= 11 is 1.28. The van der Waals surface area contributed by atoms with E-state index >= 15 is 0 Å². The second-order valence-corrected chi connectivity index (χ2v) is 6.40. The number of rotatable bonds is 6. The Morgan fingerprint density at radius 1 is 1.35 bits per heavy atom. The van der Waals surface area contributed by atoms with Crippen molar-refractivity contribution in [2.45, 2.75) is 25.3 Å². The van der Waals surface area contributed by atoms with Crippen molar-refractivity contribution >= 4 is 23.2 Å². The van der Waals surface area contributed by atoms with Crippen LogP contribution in [0.2, 0.25) is 0 Å². The first-order valence-electron chi connectivity index (χ1n) is 7.25. The number of amides is 1. The molecule has 1 fully saturated rings. The van der Waals surface area contributed by atoms with E-state index in [1.54, 1.807) is 23.6 Å². The molecule has 1 saturated carbocycles. The number of carbonyl (C=O) groups excluding carboxylic acids is 1. The maximum Gasteiger partial charge on any atom is 0.323 e. The third-order valence-electron chi connectivity index (χ3n) is 3.62. The molecule has 23 heavy (non-hydrogen) atoms. The zero-order chi connectivity index (χ0) is 16.4. The first-order chi connectivity index (χ1) is 11.0. The molecule has 120 valence electrons. The van der Waals surface area contributed by atoms with Crippen LogP contribution in [-0.2, 0) is 11.2 Å². The summed E-state index contributed by atoms with van der Waals surface area (Å²) in [5, 5.41) is 11.2. The Balaban J connectivity index is 1.74. The summed E-state index contributed by atoms with van der Waals surface area (Å²) in [5.41, 5.74) is 0.750. The van der Waals surface area contributed by atoms with Gasteiger partial charge in [-0.2, -0.15) is 0 Å². The van der Waals surface area contributed by atoms with Gasteiger partial charge in [0, 0.05) is 17.8 Å². The molecule has 0 saturated heterocycles. The minimum Gasteiger partial charge on any atom is -0.480 e. The smallest absolute Gasteiger partial charge is 0.323 e. The van der Waals surface area contributed by atoms with Crippen LogP contribution >= 0.6 is 11.3 Å². The molecule has 2 aromatic rings. The summed E-state index contributed by atoms with van der Waals surface area (Å²) in [7, 11) is 0. The molecule has 1 aromatic carbocycles. The first kappa shape index (κ1) is 15.6. The highest BCUT2D eigenvalue weighted by atomic mass is 32.1. The zero-order valence-corrected chi connectivity index (χ0v) is 13.1. The highest BCUT2D eigenvalue weighted by molar-refractivity contribution is 7.09. The maximum atomic E-state index is 13.7. The van der Waals surface area contributed by atoms with Crippen molar-refractivity contribution < 1.29 is 19.1 Å². The Hall–Kier alpha value is -2.28. The Labute approximate surface area is 136 Å². The van der Waals surface area contributed by atoms with E-state index in [1.807, 2.05) is 0 Å². The van der Waals surface area contributed by atoms with E-state index in [1.165, 1.54) is 22.3 Å². The Morgan fingerprint density at radius 3 is 2.74 bits per heavy atom. The largest absolute Gasteiger partial charge is 0.480 e. The van der Waals surface area contributed by atoms with Gasteiger partial charge in [-0.15, -0.1) is 11.3 Å². The van der Waals surface area contributed by atoms with Gasteiger partial charge in [-0.1, -0.05) is 18.2 Å². The lowest BCUT2D eigenvalue weighted by Crippen LogP contribution is -2.37. The van der Waals surface area contributed by atoms with E-state index in [9.17, 15) is 14.0 Å². The molecule has 1 heterocycles. The number of carboxylic acids is 1. The van der Waals surface area contributed by atoms with Crippen molar-refractivity contribution in [2.75, 3.05) is 6.54 Å². The molecule has 0 bridgehead atoms. The fraction of sp³-hybridized carbons (Fsp3) is 0.312. The molecule has 1 amide bonds. The third-order valence-corrected chi connectivity index (χ3v) is 4.47. The second-order valence-electron chi connectivity index (χ2n) is 5.45. The van der Waals surface area contributed by atoms with Crippen molar-refractivity contribution in [1.29, 1.82) is 0 Å². The van der Waals surface area contributed by atoms with Gasteiger partial charge in [0.25, 0.3) is 5.91 Å². The van der Waals surface area contributed by atoms with E-state index in [4.69, 9.17) is 5.11 Å². The topological polar surface area (TPSA) is 70.5 Å². The van der Waals surface area contributed by atoms with E-state index in [0.29, 0.717) is 17.0 Å². The molecule has 1 aliphatic carbocycles. The number of aromatic nitrogens is 1. The van der Waals surface area contributed by atoms with Gasteiger partial charge >= 0.3 is 5.97 Å². The van der Waals surface area contributed by atoms with Crippen molar-refractivity contribution in [3.8, 4) is 0 Å². The highest BCUT2D eigenvalue weighted by Crippen LogP contribution is 2.28. The molecule has 0 atom stereocenters. The predicted octanol–water partition coefficient (Wildman–Crippen LogP) is 2.56. The molecule has 0 unspecified atom stereocenters. The van der Waals surface area contributed by atoms with E-state index < -0.39 is 5.97 Å². The van der Waals surface area contributed by atoms with Gasteiger partial charge in [-0.25, -0.2) is 9.37 Å². The number of hydrogen-bond acceptors (Lipinski definition) is 4. The van der Waals surface area contributed by atoms with Crippen LogP contribution in [-0.4, -0.2) is 39.5 Å².